The molecule has 0 atom stereocenters. The number of hydrogen-bond donors (Lipinski definition) is 2. The SMILES string of the molecule is CN=C(NCCn1cccn1)NCC1CC1.I. The molecule has 0 aliphatic heterocycles. The predicted octanol–water partition coefficient (Wildman–Crippen LogP) is 1.08. The molecule has 0 amide bonds. The van der Waals surface area contributed by atoms with Crippen molar-refractivity contribution in [3.05, 3.63) is 18.5 Å². The Labute approximate surface area is 119 Å². The quantitative estimate of drug-likeness (QED) is 0.475. The van der Waals surface area contributed by atoms with Gasteiger partial charge in [0.15, 0.2) is 5.96 Å². The van der Waals surface area contributed by atoms with E-state index in [1.807, 2.05) is 16.9 Å². The maximum atomic E-state index is 4.17. The van der Waals surface area contributed by atoms with E-state index in [1.54, 1.807) is 13.2 Å². The third kappa shape index (κ3) is 5.38. The van der Waals surface area contributed by atoms with Gasteiger partial charge in [0.25, 0.3) is 0 Å². The monoisotopic (exact) mass is 349 g/mol. The van der Waals surface area contributed by atoms with Gasteiger partial charge in [0.1, 0.15) is 0 Å². The summed E-state index contributed by atoms with van der Waals surface area (Å²) in [4.78, 5) is 4.17. The number of nitrogens with one attached hydrogen (secondary N) is 2. The minimum Gasteiger partial charge on any atom is -0.356 e. The molecule has 1 heterocycles. The average Bonchev–Trinajstić information content (AvgIpc) is 2.99. The van der Waals surface area contributed by atoms with Gasteiger partial charge in [-0.1, -0.05) is 0 Å². The highest BCUT2D eigenvalue weighted by atomic mass is 127. The van der Waals surface area contributed by atoms with Crippen LogP contribution in [0.5, 0.6) is 0 Å². The van der Waals surface area contributed by atoms with Gasteiger partial charge in [-0.15, -0.1) is 24.0 Å². The molecule has 0 unspecified atom stereocenters. The zero-order chi connectivity index (χ0) is 11.2. The Morgan fingerprint density at radius 1 is 1.47 bits per heavy atom. The molecule has 1 fully saturated rings. The van der Waals surface area contributed by atoms with Crippen molar-refractivity contribution in [3.8, 4) is 0 Å². The first-order chi connectivity index (χ1) is 7.88. The lowest BCUT2D eigenvalue weighted by Crippen LogP contribution is -2.39. The van der Waals surface area contributed by atoms with Gasteiger partial charge in [0.05, 0.1) is 6.54 Å². The Bertz CT molecular complexity index is 332. The topological polar surface area (TPSA) is 54.2 Å². The predicted molar refractivity (Wildman–Crippen MR) is 79.7 cm³/mol. The van der Waals surface area contributed by atoms with Crippen LogP contribution in [-0.2, 0) is 6.54 Å². The zero-order valence-electron chi connectivity index (χ0n) is 10.1. The van der Waals surface area contributed by atoms with Gasteiger partial charge in [0, 0.05) is 32.5 Å². The van der Waals surface area contributed by atoms with Crippen LogP contribution < -0.4 is 10.6 Å². The Morgan fingerprint density at radius 2 is 2.29 bits per heavy atom. The molecular formula is C11H20IN5. The zero-order valence-corrected chi connectivity index (χ0v) is 12.4. The molecule has 1 aromatic heterocycles. The summed E-state index contributed by atoms with van der Waals surface area (Å²) in [6.45, 7) is 2.74. The largest absolute Gasteiger partial charge is 0.356 e. The number of halogens is 1. The van der Waals surface area contributed by atoms with E-state index < -0.39 is 0 Å². The van der Waals surface area contributed by atoms with Gasteiger partial charge in [-0.3, -0.25) is 9.67 Å². The summed E-state index contributed by atoms with van der Waals surface area (Å²) in [5.74, 6) is 1.75. The fourth-order valence-electron chi connectivity index (χ4n) is 1.51. The van der Waals surface area contributed by atoms with Gasteiger partial charge in [0.2, 0.25) is 0 Å². The van der Waals surface area contributed by atoms with Crippen LogP contribution in [0, 0.1) is 5.92 Å². The number of aliphatic imine (C=N–C) groups is 1. The third-order valence-corrected chi connectivity index (χ3v) is 2.67. The second-order valence-electron chi connectivity index (χ2n) is 4.09. The second kappa shape index (κ2) is 7.52. The lowest BCUT2D eigenvalue weighted by molar-refractivity contribution is 0.596. The van der Waals surface area contributed by atoms with E-state index in [9.17, 15) is 0 Å². The smallest absolute Gasteiger partial charge is 0.191 e. The lowest BCUT2D eigenvalue weighted by atomic mass is 10.4. The molecule has 0 aromatic carbocycles. The van der Waals surface area contributed by atoms with Crippen molar-refractivity contribution in [2.24, 2.45) is 10.9 Å². The molecule has 1 aliphatic carbocycles. The van der Waals surface area contributed by atoms with Gasteiger partial charge in [-0.05, 0) is 24.8 Å². The highest BCUT2D eigenvalue weighted by Crippen LogP contribution is 2.27. The van der Waals surface area contributed by atoms with E-state index >= 15 is 0 Å². The average molecular weight is 349 g/mol. The molecule has 0 bridgehead atoms. The fraction of sp³-hybridized carbons (Fsp3) is 0.636. The van der Waals surface area contributed by atoms with E-state index in [-0.39, 0.29) is 24.0 Å². The molecule has 96 valence electrons. The summed E-state index contributed by atoms with van der Waals surface area (Å²) in [5, 5.41) is 10.7. The molecule has 1 saturated carbocycles. The van der Waals surface area contributed by atoms with E-state index in [1.165, 1.54) is 12.8 Å². The van der Waals surface area contributed by atoms with Crippen molar-refractivity contribution < 1.29 is 0 Å². The lowest BCUT2D eigenvalue weighted by Gasteiger charge is -2.11. The van der Waals surface area contributed by atoms with Crippen LogP contribution in [0.4, 0.5) is 0 Å². The van der Waals surface area contributed by atoms with Gasteiger partial charge >= 0.3 is 0 Å². The van der Waals surface area contributed by atoms with Crippen LogP contribution in [-0.4, -0.2) is 35.9 Å². The van der Waals surface area contributed by atoms with Gasteiger partial charge < -0.3 is 10.6 Å². The van der Waals surface area contributed by atoms with E-state index in [2.05, 4.69) is 20.7 Å². The Hall–Kier alpha value is -0.790. The molecule has 0 spiro atoms. The highest BCUT2D eigenvalue weighted by molar-refractivity contribution is 14.0. The highest BCUT2D eigenvalue weighted by Gasteiger charge is 2.20. The first kappa shape index (κ1) is 14.3. The summed E-state index contributed by atoms with van der Waals surface area (Å²) < 4.78 is 1.90. The van der Waals surface area contributed by atoms with Crippen molar-refractivity contribution in [2.45, 2.75) is 19.4 Å². The molecule has 1 aliphatic rings. The summed E-state index contributed by atoms with van der Waals surface area (Å²) in [5.41, 5.74) is 0. The van der Waals surface area contributed by atoms with Gasteiger partial charge in [-0.25, -0.2) is 0 Å². The summed E-state index contributed by atoms with van der Waals surface area (Å²) in [6, 6.07) is 1.93. The molecule has 5 nitrogen and oxygen atoms in total. The molecule has 2 rings (SSSR count). The molecule has 6 heteroatoms. The van der Waals surface area contributed by atoms with Crippen LogP contribution in [0.15, 0.2) is 23.5 Å². The van der Waals surface area contributed by atoms with Crippen LogP contribution in [0.25, 0.3) is 0 Å². The number of nitrogens with zero attached hydrogens (tertiary/aromatic N) is 3. The second-order valence-corrected chi connectivity index (χ2v) is 4.09. The molecule has 0 radical (unpaired) electrons. The third-order valence-electron chi connectivity index (χ3n) is 2.67. The minimum absolute atomic E-state index is 0. The molecule has 1 aromatic rings. The first-order valence-corrected chi connectivity index (χ1v) is 5.80. The summed E-state index contributed by atoms with van der Waals surface area (Å²) >= 11 is 0. The normalized spacial score (nSPS) is 15.2. The molecular weight excluding hydrogens is 329 g/mol. The maximum absolute atomic E-state index is 4.17. The van der Waals surface area contributed by atoms with Crippen LogP contribution in [0.2, 0.25) is 0 Å². The van der Waals surface area contributed by atoms with Crippen molar-refractivity contribution in [1.82, 2.24) is 20.4 Å². The van der Waals surface area contributed by atoms with Crippen LogP contribution in [0.3, 0.4) is 0 Å². The Kier molecular flexibility index (Phi) is 6.31. The number of aromatic nitrogens is 2. The van der Waals surface area contributed by atoms with Crippen molar-refractivity contribution in [3.63, 3.8) is 0 Å². The van der Waals surface area contributed by atoms with Crippen molar-refractivity contribution >= 4 is 29.9 Å². The summed E-state index contributed by atoms with van der Waals surface area (Å²) in [7, 11) is 1.80. The van der Waals surface area contributed by atoms with Crippen molar-refractivity contribution in [1.29, 1.82) is 0 Å². The van der Waals surface area contributed by atoms with E-state index in [0.29, 0.717) is 0 Å². The molecule has 2 N–H and O–H groups in total. The van der Waals surface area contributed by atoms with E-state index in [0.717, 1.165) is 31.5 Å². The number of rotatable bonds is 5. The van der Waals surface area contributed by atoms with Crippen molar-refractivity contribution in [2.75, 3.05) is 20.1 Å². The Morgan fingerprint density at radius 3 is 2.88 bits per heavy atom. The maximum Gasteiger partial charge on any atom is 0.191 e. The van der Waals surface area contributed by atoms with Crippen LogP contribution in [0.1, 0.15) is 12.8 Å². The van der Waals surface area contributed by atoms with Crippen LogP contribution >= 0.6 is 24.0 Å². The first-order valence-electron chi connectivity index (χ1n) is 5.80. The van der Waals surface area contributed by atoms with Gasteiger partial charge in [-0.2, -0.15) is 5.10 Å². The number of guanidine groups is 1. The molecule has 0 saturated heterocycles. The number of hydrogen-bond acceptors (Lipinski definition) is 2. The fourth-order valence-corrected chi connectivity index (χ4v) is 1.51. The minimum atomic E-state index is 0. The summed E-state index contributed by atoms with van der Waals surface area (Å²) in [6.07, 6.45) is 6.47. The Balaban J connectivity index is 0.00000144. The molecule has 17 heavy (non-hydrogen) atoms. The van der Waals surface area contributed by atoms with E-state index in [4.69, 9.17) is 0 Å². The standard InChI is InChI=1S/C11H19N5.HI/c1-12-11(14-9-10-3-4-10)13-6-8-16-7-2-5-15-16;/h2,5,7,10H,3-4,6,8-9H2,1H3,(H2,12,13,14);1H.